The van der Waals surface area contributed by atoms with Gasteiger partial charge in [-0.15, -0.1) is 0 Å². The van der Waals surface area contributed by atoms with E-state index in [-0.39, 0.29) is 5.91 Å². The summed E-state index contributed by atoms with van der Waals surface area (Å²) in [6.07, 6.45) is 5.85. The number of carbonyl (C=O) groups is 1. The Morgan fingerprint density at radius 2 is 1.88 bits per heavy atom. The Balaban J connectivity index is 1.57. The van der Waals surface area contributed by atoms with Crippen LogP contribution in [-0.2, 0) is 6.61 Å². The first-order chi connectivity index (χ1) is 11.6. The van der Waals surface area contributed by atoms with Crippen LogP contribution in [0.25, 0.3) is 0 Å². The standard InChI is InChI=1S/C19H22BrNO3/c1-21(15-5-3-2-4-6-15)19(22)18-12-11-17(24-18)13-23-16-9-7-14(20)8-10-16/h7-12,15H,2-6,13H2,1H3. The van der Waals surface area contributed by atoms with Crippen LogP contribution in [-0.4, -0.2) is 23.9 Å². The Hall–Kier alpha value is -1.75. The Morgan fingerprint density at radius 1 is 1.17 bits per heavy atom. The minimum atomic E-state index is -0.0446. The highest BCUT2D eigenvalue weighted by molar-refractivity contribution is 9.10. The highest BCUT2D eigenvalue weighted by atomic mass is 79.9. The molecule has 1 aliphatic carbocycles. The molecule has 0 spiro atoms. The zero-order chi connectivity index (χ0) is 16.9. The predicted molar refractivity (Wildman–Crippen MR) is 96.1 cm³/mol. The molecule has 4 nitrogen and oxygen atoms in total. The van der Waals surface area contributed by atoms with Crippen LogP contribution >= 0.6 is 15.9 Å². The van der Waals surface area contributed by atoms with Gasteiger partial charge in [-0.3, -0.25) is 4.79 Å². The van der Waals surface area contributed by atoms with Crippen molar-refractivity contribution in [2.45, 2.75) is 44.8 Å². The SMILES string of the molecule is CN(C(=O)c1ccc(COc2ccc(Br)cc2)o1)C1CCCCC1. The van der Waals surface area contributed by atoms with Crippen molar-refractivity contribution in [1.29, 1.82) is 0 Å². The van der Waals surface area contributed by atoms with Gasteiger partial charge in [-0.1, -0.05) is 35.2 Å². The lowest BCUT2D eigenvalue weighted by Gasteiger charge is -2.30. The second kappa shape index (κ2) is 7.88. The summed E-state index contributed by atoms with van der Waals surface area (Å²) in [7, 11) is 1.87. The first-order valence-corrected chi connectivity index (χ1v) is 9.17. The number of nitrogens with zero attached hydrogens (tertiary/aromatic N) is 1. The van der Waals surface area contributed by atoms with Crippen molar-refractivity contribution in [2.24, 2.45) is 0 Å². The molecular formula is C19H22BrNO3. The highest BCUT2D eigenvalue weighted by Crippen LogP contribution is 2.24. The molecule has 128 valence electrons. The molecule has 1 aromatic carbocycles. The minimum Gasteiger partial charge on any atom is -0.486 e. The fourth-order valence-corrected chi connectivity index (χ4v) is 3.33. The molecule has 5 heteroatoms. The van der Waals surface area contributed by atoms with E-state index < -0.39 is 0 Å². The van der Waals surface area contributed by atoms with E-state index in [0.29, 0.717) is 24.2 Å². The number of carbonyl (C=O) groups excluding carboxylic acids is 1. The largest absolute Gasteiger partial charge is 0.486 e. The van der Waals surface area contributed by atoms with E-state index in [1.165, 1.54) is 19.3 Å². The summed E-state index contributed by atoms with van der Waals surface area (Å²) in [5.41, 5.74) is 0. The lowest BCUT2D eigenvalue weighted by molar-refractivity contribution is 0.0660. The molecule has 1 aliphatic rings. The van der Waals surface area contributed by atoms with Crippen LogP contribution in [0, 0.1) is 0 Å². The molecule has 1 amide bonds. The molecule has 1 saturated carbocycles. The van der Waals surface area contributed by atoms with E-state index >= 15 is 0 Å². The Kier molecular flexibility index (Phi) is 5.61. The van der Waals surface area contributed by atoms with Crippen molar-refractivity contribution in [2.75, 3.05) is 7.05 Å². The smallest absolute Gasteiger partial charge is 0.289 e. The van der Waals surface area contributed by atoms with Gasteiger partial charge in [-0.05, 0) is 49.2 Å². The van der Waals surface area contributed by atoms with Gasteiger partial charge in [0, 0.05) is 17.6 Å². The zero-order valence-electron chi connectivity index (χ0n) is 13.8. The second-order valence-electron chi connectivity index (χ2n) is 6.22. The fraction of sp³-hybridized carbons (Fsp3) is 0.421. The normalized spacial score (nSPS) is 15.2. The van der Waals surface area contributed by atoms with E-state index in [4.69, 9.17) is 9.15 Å². The van der Waals surface area contributed by atoms with E-state index in [1.54, 1.807) is 12.1 Å². The van der Waals surface area contributed by atoms with Crippen LogP contribution in [0.4, 0.5) is 0 Å². The van der Waals surface area contributed by atoms with Gasteiger partial charge >= 0.3 is 0 Å². The number of amides is 1. The van der Waals surface area contributed by atoms with Crippen LogP contribution in [0.5, 0.6) is 5.75 Å². The van der Waals surface area contributed by atoms with Crippen LogP contribution in [0.2, 0.25) is 0 Å². The Morgan fingerprint density at radius 3 is 2.58 bits per heavy atom. The molecule has 3 rings (SSSR count). The average Bonchev–Trinajstić information content (AvgIpc) is 3.10. The third kappa shape index (κ3) is 4.20. The molecule has 24 heavy (non-hydrogen) atoms. The van der Waals surface area contributed by atoms with Gasteiger partial charge in [0.1, 0.15) is 18.1 Å². The van der Waals surface area contributed by atoms with E-state index in [2.05, 4.69) is 15.9 Å². The molecule has 1 fully saturated rings. The number of furan rings is 1. The maximum Gasteiger partial charge on any atom is 0.289 e. The molecule has 0 unspecified atom stereocenters. The topological polar surface area (TPSA) is 42.7 Å². The van der Waals surface area contributed by atoms with Crippen molar-refractivity contribution in [1.82, 2.24) is 4.90 Å². The van der Waals surface area contributed by atoms with Gasteiger partial charge in [0.25, 0.3) is 5.91 Å². The second-order valence-corrected chi connectivity index (χ2v) is 7.13. The molecular weight excluding hydrogens is 370 g/mol. The number of hydrogen-bond acceptors (Lipinski definition) is 3. The zero-order valence-corrected chi connectivity index (χ0v) is 15.4. The van der Waals surface area contributed by atoms with Crippen LogP contribution in [0.3, 0.4) is 0 Å². The van der Waals surface area contributed by atoms with Crippen LogP contribution in [0.15, 0.2) is 45.3 Å². The molecule has 0 bridgehead atoms. The van der Waals surface area contributed by atoms with Gasteiger partial charge in [-0.25, -0.2) is 0 Å². The van der Waals surface area contributed by atoms with Gasteiger partial charge in [-0.2, -0.15) is 0 Å². The van der Waals surface area contributed by atoms with E-state index in [0.717, 1.165) is 23.1 Å². The highest BCUT2D eigenvalue weighted by Gasteiger charge is 2.24. The first-order valence-electron chi connectivity index (χ1n) is 8.38. The van der Waals surface area contributed by atoms with Gasteiger partial charge < -0.3 is 14.1 Å². The average molecular weight is 392 g/mol. The van der Waals surface area contributed by atoms with Crippen LogP contribution < -0.4 is 4.74 Å². The number of halogens is 1. The Bertz CT molecular complexity index is 674. The van der Waals surface area contributed by atoms with Crippen molar-refractivity contribution in [3.8, 4) is 5.75 Å². The van der Waals surface area contributed by atoms with Crippen molar-refractivity contribution in [3.05, 3.63) is 52.4 Å². The quantitative estimate of drug-likeness (QED) is 0.717. The van der Waals surface area contributed by atoms with Crippen molar-refractivity contribution >= 4 is 21.8 Å². The molecule has 1 aromatic heterocycles. The molecule has 0 radical (unpaired) electrons. The maximum absolute atomic E-state index is 12.6. The summed E-state index contributed by atoms with van der Waals surface area (Å²) in [6.45, 7) is 0.308. The number of rotatable bonds is 5. The van der Waals surface area contributed by atoms with E-state index in [9.17, 15) is 4.79 Å². The summed E-state index contributed by atoms with van der Waals surface area (Å²) in [4.78, 5) is 14.4. The monoisotopic (exact) mass is 391 g/mol. The summed E-state index contributed by atoms with van der Waals surface area (Å²) < 4.78 is 12.4. The molecule has 2 aromatic rings. The summed E-state index contributed by atoms with van der Waals surface area (Å²) in [5.74, 6) is 1.76. The lowest BCUT2D eigenvalue weighted by Crippen LogP contribution is -2.38. The molecule has 0 saturated heterocycles. The molecule has 0 N–H and O–H groups in total. The maximum atomic E-state index is 12.6. The predicted octanol–water partition coefficient (Wildman–Crippen LogP) is 5.03. The van der Waals surface area contributed by atoms with Gasteiger partial charge in [0.15, 0.2) is 5.76 Å². The third-order valence-corrected chi connectivity index (χ3v) is 5.04. The van der Waals surface area contributed by atoms with Crippen LogP contribution in [0.1, 0.15) is 48.4 Å². The fourth-order valence-electron chi connectivity index (χ4n) is 3.06. The van der Waals surface area contributed by atoms with Gasteiger partial charge in [0.2, 0.25) is 0 Å². The lowest BCUT2D eigenvalue weighted by atomic mass is 9.94. The summed E-state index contributed by atoms with van der Waals surface area (Å²) in [6, 6.07) is 11.5. The van der Waals surface area contributed by atoms with Gasteiger partial charge in [0.05, 0.1) is 0 Å². The molecule has 1 heterocycles. The van der Waals surface area contributed by atoms with Crippen molar-refractivity contribution < 1.29 is 13.9 Å². The third-order valence-electron chi connectivity index (χ3n) is 4.51. The minimum absolute atomic E-state index is 0.0446. The summed E-state index contributed by atoms with van der Waals surface area (Å²) in [5, 5.41) is 0. The van der Waals surface area contributed by atoms with E-state index in [1.807, 2.05) is 36.2 Å². The number of benzene rings is 1. The number of hydrogen-bond donors (Lipinski definition) is 0. The molecule has 0 atom stereocenters. The number of ether oxygens (including phenoxy) is 1. The summed E-state index contributed by atoms with van der Waals surface area (Å²) >= 11 is 3.39. The Labute approximate surface area is 150 Å². The first kappa shape index (κ1) is 17.1. The van der Waals surface area contributed by atoms with Crippen molar-refractivity contribution in [3.63, 3.8) is 0 Å². The molecule has 0 aliphatic heterocycles.